The molecule has 2 aromatic carbocycles. The first-order chi connectivity index (χ1) is 10.4. The number of amides is 1. The maximum atomic E-state index is 12.2. The van der Waals surface area contributed by atoms with Crippen LogP contribution in [0.4, 0.5) is 11.4 Å². The van der Waals surface area contributed by atoms with Crippen LogP contribution in [0, 0.1) is 10.1 Å². The summed E-state index contributed by atoms with van der Waals surface area (Å²) in [5.41, 5.74) is 0.119. The first kappa shape index (κ1) is 16.1. The van der Waals surface area contributed by atoms with E-state index < -0.39 is 10.8 Å². The SMILES string of the molecule is COc1ccc(C(=O)Nc2cccc(Cl)c2Cl)cc1[N+](=O)[O-]. The first-order valence-electron chi connectivity index (χ1n) is 6.02. The van der Waals surface area contributed by atoms with Gasteiger partial charge in [-0.1, -0.05) is 29.3 Å². The van der Waals surface area contributed by atoms with E-state index in [1.165, 1.54) is 19.2 Å². The van der Waals surface area contributed by atoms with Gasteiger partial charge in [0.15, 0.2) is 5.75 Å². The number of benzene rings is 2. The van der Waals surface area contributed by atoms with Crippen LogP contribution in [0.5, 0.6) is 5.75 Å². The van der Waals surface area contributed by atoms with Gasteiger partial charge >= 0.3 is 5.69 Å². The van der Waals surface area contributed by atoms with E-state index in [2.05, 4.69) is 5.32 Å². The van der Waals surface area contributed by atoms with Gasteiger partial charge in [-0.05, 0) is 24.3 Å². The normalized spacial score (nSPS) is 10.1. The van der Waals surface area contributed by atoms with Crippen LogP contribution in [0.1, 0.15) is 10.4 Å². The molecule has 0 unspecified atom stereocenters. The Morgan fingerprint density at radius 1 is 1.27 bits per heavy atom. The van der Waals surface area contributed by atoms with Crippen LogP contribution in [0.3, 0.4) is 0 Å². The molecule has 0 aliphatic heterocycles. The molecule has 22 heavy (non-hydrogen) atoms. The van der Waals surface area contributed by atoms with Crippen molar-refractivity contribution in [3.05, 3.63) is 62.1 Å². The molecule has 0 radical (unpaired) electrons. The Morgan fingerprint density at radius 3 is 2.64 bits per heavy atom. The molecule has 0 saturated carbocycles. The van der Waals surface area contributed by atoms with Gasteiger partial charge in [-0.2, -0.15) is 0 Å². The maximum Gasteiger partial charge on any atom is 0.311 e. The summed E-state index contributed by atoms with van der Waals surface area (Å²) in [4.78, 5) is 22.5. The van der Waals surface area contributed by atoms with Crippen molar-refractivity contribution in [1.29, 1.82) is 0 Å². The van der Waals surface area contributed by atoms with E-state index in [1.54, 1.807) is 18.2 Å². The minimum absolute atomic E-state index is 0.0716. The fraction of sp³-hybridized carbons (Fsp3) is 0.0714. The van der Waals surface area contributed by atoms with Crippen LogP contribution in [0.25, 0.3) is 0 Å². The van der Waals surface area contributed by atoms with Crippen molar-refractivity contribution in [2.24, 2.45) is 0 Å². The number of hydrogen-bond acceptors (Lipinski definition) is 4. The van der Waals surface area contributed by atoms with E-state index in [0.29, 0.717) is 10.7 Å². The third kappa shape index (κ3) is 3.29. The van der Waals surface area contributed by atoms with Crippen LogP contribution in [0.15, 0.2) is 36.4 Å². The zero-order valence-electron chi connectivity index (χ0n) is 11.3. The molecule has 0 aliphatic rings. The Bertz CT molecular complexity index is 750. The number of halogens is 2. The Hall–Kier alpha value is -2.31. The van der Waals surface area contributed by atoms with Crippen LogP contribution in [-0.4, -0.2) is 17.9 Å². The zero-order valence-corrected chi connectivity index (χ0v) is 12.8. The quantitative estimate of drug-likeness (QED) is 0.669. The molecule has 2 aromatic rings. The predicted molar refractivity (Wildman–Crippen MR) is 84.1 cm³/mol. The van der Waals surface area contributed by atoms with Gasteiger partial charge in [0.05, 0.1) is 27.8 Å². The van der Waals surface area contributed by atoms with Crippen molar-refractivity contribution < 1.29 is 14.5 Å². The summed E-state index contributed by atoms with van der Waals surface area (Å²) in [6.07, 6.45) is 0. The van der Waals surface area contributed by atoms with Crippen LogP contribution >= 0.6 is 23.2 Å². The zero-order chi connectivity index (χ0) is 16.3. The topological polar surface area (TPSA) is 81.5 Å². The highest BCUT2D eigenvalue weighted by Gasteiger charge is 2.18. The summed E-state index contributed by atoms with van der Waals surface area (Å²) >= 11 is 11.8. The number of nitrogens with one attached hydrogen (secondary N) is 1. The van der Waals surface area contributed by atoms with Crippen LogP contribution < -0.4 is 10.1 Å². The summed E-state index contributed by atoms with van der Waals surface area (Å²) in [5, 5.41) is 14.0. The second-order valence-corrected chi connectivity index (χ2v) is 4.98. The number of carbonyl (C=O) groups excluding carboxylic acids is 1. The average molecular weight is 341 g/mol. The van der Waals surface area contributed by atoms with E-state index in [4.69, 9.17) is 27.9 Å². The fourth-order valence-corrected chi connectivity index (χ4v) is 2.12. The van der Waals surface area contributed by atoms with Crippen LogP contribution in [0.2, 0.25) is 10.0 Å². The van der Waals surface area contributed by atoms with Crippen molar-refractivity contribution >= 4 is 40.5 Å². The largest absolute Gasteiger partial charge is 0.490 e. The van der Waals surface area contributed by atoms with Gasteiger partial charge in [-0.3, -0.25) is 14.9 Å². The summed E-state index contributed by atoms with van der Waals surface area (Å²) in [6.45, 7) is 0. The van der Waals surface area contributed by atoms with Gasteiger partial charge in [0.2, 0.25) is 0 Å². The average Bonchev–Trinajstić information content (AvgIpc) is 2.51. The van der Waals surface area contributed by atoms with Gasteiger partial charge in [-0.25, -0.2) is 0 Å². The molecule has 0 heterocycles. The minimum Gasteiger partial charge on any atom is -0.490 e. The molecule has 6 nitrogen and oxygen atoms in total. The van der Waals surface area contributed by atoms with Crippen molar-refractivity contribution in [3.8, 4) is 5.75 Å². The number of carbonyl (C=O) groups is 1. The van der Waals surface area contributed by atoms with E-state index in [1.807, 2.05) is 0 Å². The number of hydrogen-bond donors (Lipinski definition) is 1. The molecule has 2 rings (SSSR count). The number of anilines is 1. The highest BCUT2D eigenvalue weighted by molar-refractivity contribution is 6.44. The highest BCUT2D eigenvalue weighted by Crippen LogP contribution is 2.31. The molecule has 0 fully saturated rings. The first-order valence-corrected chi connectivity index (χ1v) is 6.77. The molecular formula is C14H10Cl2N2O4. The third-order valence-electron chi connectivity index (χ3n) is 2.84. The smallest absolute Gasteiger partial charge is 0.311 e. The number of methoxy groups -OCH3 is 1. The summed E-state index contributed by atoms with van der Waals surface area (Å²) in [5.74, 6) is -0.475. The van der Waals surface area contributed by atoms with Gasteiger partial charge in [0.1, 0.15) is 0 Å². The maximum absolute atomic E-state index is 12.2. The van der Waals surface area contributed by atoms with Crippen molar-refractivity contribution in [2.75, 3.05) is 12.4 Å². The predicted octanol–water partition coefficient (Wildman–Crippen LogP) is 4.16. The van der Waals surface area contributed by atoms with E-state index in [-0.39, 0.29) is 22.0 Å². The molecule has 0 spiro atoms. The second-order valence-electron chi connectivity index (χ2n) is 4.20. The summed E-state index contributed by atoms with van der Waals surface area (Å²) in [6, 6.07) is 8.68. The number of rotatable bonds is 4. The fourth-order valence-electron chi connectivity index (χ4n) is 1.77. The van der Waals surface area contributed by atoms with Gasteiger partial charge in [-0.15, -0.1) is 0 Å². The standard InChI is InChI=1S/C14H10Cl2N2O4/c1-22-12-6-5-8(7-11(12)18(20)21)14(19)17-10-4-2-3-9(15)13(10)16/h2-7H,1H3,(H,17,19). The molecule has 0 bridgehead atoms. The van der Waals surface area contributed by atoms with E-state index in [0.717, 1.165) is 6.07 Å². The molecule has 0 aliphatic carbocycles. The Labute approximate surface area is 135 Å². The molecule has 114 valence electrons. The molecule has 0 aromatic heterocycles. The van der Waals surface area contributed by atoms with Crippen molar-refractivity contribution in [3.63, 3.8) is 0 Å². The van der Waals surface area contributed by atoms with E-state index >= 15 is 0 Å². The Kier molecular flexibility index (Phi) is 4.85. The number of nitro groups is 1. The lowest BCUT2D eigenvalue weighted by molar-refractivity contribution is -0.385. The second kappa shape index (κ2) is 6.64. The van der Waals surface area contributed by atoms with Crippen LogP contribution in [-0.2, 0) is 0 Å². The Balaban J connectivity index is 2.32. The number of nitrogens with zero attached hydrogens (tertiary/aromatic N) is 1. The molecule has 0 atom stereocenters. The minimum atomic E-state index is -0.623. The molecular weight excluding hydrogens is 331 g/mol. The van der Waals surface area contributed by atoms with E-state index in [9.17, 15) is 14.9 Å². The molecule has 1 amide bonds. The summed E-state index contributed by atoms with van der Waals surface area (Å²) in [7, 11) is 1.31. The van der Waals surface area contributed by atoms with Crippen molar-refractivity contribution in [2.45, 2.75) is 0 Å². The van der Waals surface area contributed by atoms with Gasteiger partial charge < -0.3 is 10.1 Å². The van der Waals surface area contributed by atoms with Crippen molar-refractivity contribution in [1.82, 2.24) is 0 Å². The molecule has 8 heteroatoms. The third-order valence-corrected chi connectivity index (χ3v) is 3.66. The lowest BCUT2D eigenvalue weighted by Gasteiger charge is -2.09. The number of nitro benzene ring substituents is 1. The molecule has 0 saturated heterocycles. The lowest BCUT2D eigenvalue weighted by atomic mass is 10.1. The monoisotopic (exact) mass is 340 g/mol. The number of ether oxygens (including phenoxy) is 1. The summed E-state index contributed by atoms with van der Waals surface area (Å²) < 4.78 is 4.88. The highest BCUT2D eigenvalue weighted by atomic mass is 35.5. The van der Waals surface area contributed by atoms with Gasteiger partial charge in [0, 0.05) is 11.6 Å². The lowest BCUT2D eigenvalue weighted by Crippen LogP contribution is -2.12. The molecule has 1 N–H and O–H groups in total. The Morgan fingerprint density at radius 2 is 2.00 bits per heavy atom. The van der Waals surface area contributed by atoms with Gasteiger partial charge in [0.25, 0.3) is 5.91 Å².